The first-order valence-electron chi connectivity index (χ1n) is 5.49. The molecule has 1 aromatic heterocycles. The lowest BCUT2D eigenvalue weighted by atomic mass is 10.2. The van der Waals surface area contributed by atoms with Gasteiger partial charge in [-0.1, -0.05) is 0 Å². The van der Waals surface area contributed by atoms with E-state index in [1.807, 2.05) is 0 Å². The summed E-state index contributed by atoms with van der Waals surface area (Å²) >= 11 is 0. The van der Waals surface area contributed by atoms with Crippen LogP contribution in [0.25, 0.3) is 11.4 Å². The van der Waals surface area contributed by atoms with Crippen LogP contribution in [0, 0.1) is 11.6 Å². The number of hydrogen-bond acceptors (Lipinski definition) is 3. The minimum absolute atomic E-state index is 0.0103. The van der Waals surface area contributed by atoms with Gasteiger partial charge in [-0.3, -0.25) is 4.79 Å². The first-order chi connectivity index (χ1) is 8.65. The Morgan fingerprint density at radius 3 is 2.72 bits per heavy atom. The van der Waals surface area contributed by atoms with Crippen molar-refractivity contribution in [2.75, 3.05) is 0 Å². The Balaban J connectivity index is 2.10. The number of carbonyl (C=O) groups excluding carboxylic acids is 1. The van der Waals surface area contributed by atoms with E-state index in [-0.39, 0.29) is 17.2 Å². The number of fused-ring (bicyclic) bond motifs is 1. The molecular formula is C13H8F2N2O. The summed E-state index contributed by atoms with van der Waals surface area (Å²) in [6.45, 7) is 0. The molecule has 1 aliphatic rings. The Morgan fingerprint density at radius 1 is 1.11 bits per heavy atom. The van der Waals surface area contributed by atoms with Crippen molar-refractivity contribution in [3.8, 4) is 11.4 Å². The molecule has 1 heterocycles. The Hall–Kier alpha value is -2.17. The van der Waals surface area contributed by atoms with E-state index in [1.54, 1.807) is 0 Å². The number of aryl methyl sites for hydroxylation is 1. The Labute approximate surface area is 102 Å². The number of aromatic nitrogens is 2. The largest absolute Gasteiger partial charge is 0.294 e. The van der Waals surface area contributed by atoms with Crippen molar-refractivity contribution in [1.82, 2.24) is 9.97 Å². The molecule has 0 saturated carbocycles. The minimum atomic E-state index is -0.709. The molecule has 1 aliphatic carbocycles. The lowest BCUT2D eigenvalue weighted by molar-refractivity contribution is 0.0994. The van der Waals surface area contributed by atoms with Crippen molar-refractivity contribution in [1.29, 1.82) is 0 Å². The summed E-state index contributed by atoms with van der Waals surface area (Å²) in [7, 11) is 0. The molecule has 0 N–H and O–H groups in total. The molecule has 0 radical (unpaired) electrons. The second-order valence-corrected chi connectivity index (χ2v) is 4.10. The van der Waals surface area contributed by atoms with Crippen molar-refractivity contribution in [2.45, 2.75) is 12.8 Å². The van der Waals surface area contributed by atoms with Gasteiger partial charge in [-0.15, -0.1) is 0 Å². The van der Waals surface area contributed by atoms with E-state index >= 15 is 0 Å². The number of benzene rings is 1. The Morgan fingerprint density at radius 2 is 1.94 bits per heavy atom. The SMILES string of the molecule is O=C1CCc2nc(-c3ccc(F)cc3F)ncc21. The molecule has 0 aliphatic heterocycles. The van der Waals surface area contributed by atoms with Crippen LogP contribution in [0.1, 0.15) is 22.5 Å². The molecule has 0 unspecified atom stereocenters. The highest BCUT2D eigenvalue weighted by Crippen LogP contribution is 2.24. The Kier molecular flexibility index (Phi) is 2.40. The number of ketones is 1. The molecule has 18 heavy (non-hydrogen) atoms. The van der Waals surface area contributed by atoms with Gasteiger partial charge in [0, 0.05) is 18.7 Å². The maximum Gasteiger partial charge on any atom is 0.166 e. The summed E-state index contributed by atoms with van der Waals surface area (Å²) in [6.07, 6.45) is 2.38. The molecule has 0 fully saturated rings. The molecule has 5 heteroatoms. The van der Waals surface area contributed by atoms with Crippen molar-refractivity contribution >= 4 is 5.78 Å². The standard InChI is InChI=1S/C13H8F2N2O/c14-7-1-2-8(10(15)5-7)13-16-6-9-11(17-13)3-4-12(9)18/h1-2,5-6H,3-4H2. The van der Waals surface area contributed by atoms with Gasteiger partial charge in [0.1, 0.15) is 11.6 Å². The topological polar surface area (TPSA) is 42.9 Å². The van der Waals surface area contributed by atoms with E-state index in [0.29, 0.717) is 24.1 Å². The molecule has 90 valence electrons. The fraction of sp³-hybridized carbons (Fsp3) is 0.154. The van der Waals surface area contributed by atoms with Crippen LogP contribution < -0.4 is 0 Å². The van der Waals surface area contributed by atoms with Crippen molar-refractivity contribution in [3.63, 3.8) is 0 Å². The quantitative estimate of drug-likeness (QED) is 0.776. The zero-order chi connectivity index (χ0) is 12.7. The third-order valence-electron chi connectivity index (χ3n) is 2.93. The number of carbonyl (C=O) groups is 1. The number of Topliss-reactive ketones (excluding diaryl/α,β-unsaturated/α-hetero) is 1. The van der Waals surface area contributed by atoms with E-state index in [1.165, 1.54) is 12.3 Å². The van der Waals surface area contributed by atoms with E-state index in [9.17, 15) is 13.6 Å². The molecule has 3 rings (SSSR count). The average molecular weight is 246 g/mol. The van der Waals surface area contributed by atoms with E-state index in [2.05, 4.69) is 9.97 Å². The van der Waals surface area contributed by atoms with Gasteiger partial charge in [0.15, 0.2) is 11.6 Å². The lowest BCUT2D eigenvalue weighted by Crippen LogP contribution is -1.99. The summed E-state index contributed by atoms with van der Waals surface area (Å²) in [5.74, 6) is -1.16. The highest BCUT2D eigenvalue weighted by Gasteiger charge is 2.22. The predicted molar refractivity (Wildman–Crippen MR) is 60.0 cm³/mol. The van der Waals surface area contributed by atoms with Gasteiger partial charge in [-0.25, -0.2) is 18.7 Å². The molecule has 0 atom stereocenters. The third kappa shape index (κ3) is 1.68. The van der Waals surface area contributed by atoms with Crippen LogP contribution in [0.15, 0.2) is 24.4 Å². The fourth-order valence-electron chi connectivity index (χ4n) is 2.01. The monoisotopic (exact) mass is 246 g/mol. The van der Waals surface area contributed by atoms with Crippen molar-refractivity contribution in [2.24, 2.45) is 0 Å². The minimum Gasteiger partial charge on any atom is -0.294 e. The molecule has 2 aromatic rings. The first-order valence-corrected chi connectivity index (χ1v) is 5.49. The second-order valence-electron chi connectivity index (χ2n) is 4.10. The maximum absolute atomic E-state index is 13.6. The second kappa shape index (κ2) is 3.94. The van der Waals surface area contributed by atoms with E-state index < -0.39 is 11.6 Å². The highest BCUT2D eigenvalue weighted by atomic mass is 19.1. The van der Waals surface area contributed by atoms with Crippen LogP contribution in [0.5, 0.6) is 0 Å². The van der Waals surface area contributed by atoms with Gasteiger partial charge in [-0.05, 0) is 18.6 Å². The normalized spacial score (nSPS) is 13.8. The fourth-order valence-corrected chi connectivity index (χ4v) is 2.01. The number of nitrogens with zero attached hydrogens (tertiary/aromatic N) is 2. The zero-order valence-corrected chi connectivity index (χ0v) is 9.28. The van der Waals surface area contributed by atoms with Crippen molar-refractivity contribution in [3.05, 3.63) is 47.3 Å². The molecule has 0 amide bonds. The van der Waals surface area contributed by atoms with Gasteiger partial charge in [-0.2, -0.15) is 0 Å². The zero-order valence-electron chi connectivity index (χ0n) is 9.28. The molecule has 0 spiro atoms. The first kappa shape index (κ1) is 11.0. The Bertz CT molecular complexity index is 655. The summed E-state index contributed by atoms with van der Waals surface area (Å²) in [4.78, 5) is 19.6. The number of rotatable bonds is 1. The molecule has 3 nitrogen and oxygen atoms in total. The van der Waals surface area contributed by atoms with Crippen LogP contribution in [-0.4, -0.2) is 15.8 Å². The van der Waals surface area contributed by atoms with Crippen LogP contribution in [-0.2, 0) is 6.42 Å². The number of hydrogen-bond donors (Lipinski definition) is 0. The smallest absolute Gasteiger partial charge is 0.166 e. The maximum atomic E-state index is 13.6. The average Bonchev–Trinajstić information content (AvgIpc) is 2.71. The van der Waals surface area contributed by atoms with Crippen LogP contribution in [0.3, 0.4) is 0 Å². The molecule has 1 aromatic carbocycles. The summed E-state index contributed by atoms with van der Waals surface area (Å²) < 4.78 is 26.4. The third-order valence-corrected chi connectivity index (χ3v) is 2.93. The van der Waals surface area contributed by atoms with Crippen LogP contribution >= 0.6 is 0 Å². The highest BCUT2D eigenvalue weighted by molar-refractivity contribution is 5.99. The van der Waals surface area contributed by atoms with E-state index in [4.69, 9.17) is 0 Å². The summed E-state index contributed by atoms with van der Waals surface area (Å²) in [6, 6.07) is 3.24. The molecule has 0 saturated heterocycles. The van der Waals surface area contributed by atoms with Gasteiger partial charge >= 0.3 is 0 Å². The summed E-state index contributed by atoms with van der Waals surface area (Å²) in [5, 5.41) is 0. The van der Waals surface area contributed by atoms with Crippen molar-refractivity contribution < 1.29 is 13.6 Å². The van der Waals surface area contributed by atoms with Crippen LogP contribution in [0.2, 0.25) is 0 Å². The number of halogens is 2. The van der Waals surface area contributed by atoms with Gasteiger partial charge < -0.3 is 0 Å². The lowest BCUT2D eigenvalue weighted by Gasteiger charge is -2.04. The molecule has 0 bridgehead atoms. The van der Waals surface area contributed by atoms with E-state index in [0.717, 1.165) is 12.1 Å². The summed E-state index contributed by atoms with van der Waals surface area (Å²) in [5.41, 5.74) is 1.27. The van der Waals surface area contributed by atoms with Crippen LogP contribution in [0.4, 0.5) is 8.78 Å². The van der Waals surface area contributed by atoms with Gasteiger partial charge in [0.2, 0.25) is 0 Å². The van der Waals surface area contributed by atoms with Gasteiger partial charge in [0.05, 0.1) is 16.8 Å². The molecular weight excluding hydrogens is 238 g/mol. The predicted octanol–water partition coefficient (Wildman–Crippen LogP) is 2.55. The van der Waals surface area contributed by atoms with Gasteiger partial charge in [0.25, 0.3) is 0 Å².